The van der Waals surface area contributed by atoms with Gasteiger partial charge in [-0.25, -0.2) is 4.39 Å². The van der Waals surface area contributed by atoms with Crippen LogP contribution in [0.3, 0.4) is 0 Å². The second kappa shape index (κ2) is 5.71. The summed E-state index contributed by atoms with van der Waals surface area (Å²) in [5.41, 5.74) is 5.94. The fourth-order valence-electron chi connectivity index (χ4n) is 1.67. The molecule has 0 aliphatic rings. The fraction of sp³-hybridized carbons (Fsp3) is 0.133. The molecule has 0 aliphatic carbocycles. The maximum Gasteiger partial charge on any atom is 0.248 e. The third kappa shape index (κ3) is 3.13. The number of ether oxygens (including phenoxy) is 1. The molecule has 0 aliphatic heterocycles. The van der Waals surface area contributed by atoms with Crippen molar-refractivity contribution >= 4 is 5.91 Å². The van der Waals surface area contributed by atoms with Gasteiger partial charge in [-0.3, -0.25) is 4.79 Å². The highest BCUT2D eigenvalue weighted by Crippen LogP contribution is 2.27. The Balaban J connectivity index is 2.19. The van der Waals surface area contributed by atoms with Crippen LogP contribution >= 0.6 is 0 Å². The number of aliphatic hydroxyl groups is 1. The highest BCUT2D eigenvalue weighted by molar-refractivity contribution is 5.92. The normalized spacial score (nSPS) is 11.9. The third-order valence-corrected chi connectivity index (χ3v) is 2.80. The molecule has 0 radical (unpaired) electrons. The summed E-state index contributed by atoms with van der Waals surface area (Å²) >= 11 is 0. The molecule has 2 rings (SSSR count). The number of amides is 1. The molecule has 5 heteroatoms. The van der Waals surface area contributed by atoms with E-state index < -0.39 is 17.8 Å². The summed E-state index contributed by atoms with van der Waals surface area (Å²) in [5, 5.41) is 9.36. The maximum atomic E-state index is 13.8. The molecule has 0 fully saturated rings. The van der Waals surface area contributed by atoms with Crippen molar-refractivity contribution in [3.63, 3.8) is 0 Å². The molecule has 0 saturated carbocycles. The summed E-state index contributed by atoms with van der Waals surface area (Å²) in [7, 11) is 0. The van der Waals surface area contributed by atoms with Crippen LogP contribution in [0.1, 0.15) is 28.9 Å². The maximum absolute atomic E-state index is 13.8. The summed E-state index contributed by atoms with van der Waals surface area (Å²) in [6.45, 7) is 1.55. The summed E-state index contributed by atoms with van der Waals surface area (Å²) in [6.07, 6.45) is -0.742. The highest BCUT2D eigenvalue weighted by atomic mass is 19.1. The number of hydrogen-bond donors (Lipinski definition) is 2. The summed E-state index contributed by atoms with van der Waals surface area (Å²) in [6, 6.07) is 10.3. The molecule has 4 nitrogen and oxygen atoms in total. The second-order valence-corrected chi connectivity index (χ2v) is 4.36. The average Bonchev–Trinajstić information content (AvgIpc) is 2.41. The van der Waals surface area contributed by atoms with Gasteiger partial charge < -0.3 is 15.6 Å². The summed E-state index contributed by atoms with van der Waals surface area (Å²) in [4.78, 5) is 10.9. The lowest BCUT2D eigenvalue weighted by Gasteiger charge is -2.10. The quantitative estimate of drug-likeness (QED) is 0.901. The van der Waals surface area contributed by atoms with Gasteiger partial charge in [0.15, 0.2) is 11.6 Å². The lowest BCUT2D eigenvalue weighted by atomic mass is 10.1. The van der Waals surface area contributed by atoms with Crippen LogP contribution in [0.5, 0.6) is 11.5 Å². The predicted molar refractivity (Wildman–Crippen MR) is 72.1 cm³/mol. The van der Waals surface area contributed by atoms with E-state index in [1.807, 2.05) is 0 Å². The number of hydrogen-bond acceptors (Lipinski definition) is 3. The van der Waals surface area contributed by atoms with Crippen LogP contribution in [0.2, 0.25) is 0 Å². The van der Waals surface area contributed by atoms with E-state index in [4.69, 9.17) is 10.5 Å². The average molecular weight is 275 g/mol. The molecule has 20 heavy (non-hydrogen) atoms. The number of halogens is 1. The van der Waals surface area contributed by atoms with E-state index in [0.29, 0.717) is 16.9 Å². The Hall–Kier alpha value is -2.40. The van der Waals surface area contributed by atoms with Crippen LogP contribution in [0, 0.1) is 5.82 Å². The molecule has 2 aromatic rings. The molecule has 104 valence electrons. The Bertz CT molecular complexity index is 624. The Morgan fingerprint density at radius 2 is 1.90 bits per heavy atom. The van der Waals surface area contributed by atoms with Crippen molar-refractivity contribution in [2.45, 2.75) is 13.0 Å². The largest absolute Gasteiger partial charge is 0.454 e. The monoisotopic (exact) mass is 275 g/mol. The molecule has 1 atom stereocenters. The first-order chi connectivity index (χ1) is 9.47. The minimum absolute atomic E-state index is 0.0428. The lowest BCUT2D eigenvalue weighted by molar-refractivity contribution is 0.100. The number of nitrogens with two attached hydrogens (primary N) is 1. The van der Waals surface area contributed by atoms with E-state index in [9.17, 15) is 14.3 Å². The topological polar surface area (TPSA) is 72.6 Å². The molecule has 1 amide bonds. The zero-order chi connectivity index (χ0) is 14.7. The van der Waals surface area contributed by atoms with Crippen molar-refractivity contribution in [3.05, 3.63) is 59.4 Å². The van der Waals surface area contributed by atoms with Gasteiger partial charge in [0.1, 0.15) is 5.75 Å². The zero-order valence-corrected chi connectivity index (χ0v) is 10.8. The van der Waals surface area contributed by atoms with Crippen LogP contribution in [-0.2, 0) is 0 Å². The van der Waals surface area contributed by atoms with Crippen molar-refractivity contribution in [1.82, 2.24) is 0 Å². The molecule has 3 N–H and O–H groups in total. The van der Waals surface area contributed by atoms with Crippen LogP contribution in [0.4, 0.5) is 4.39 Å². The molecule has 0 saturated heterocycles. The molecule has 0 bridgehead atoms. The van der Waals surface area contributed by atoms with Gasteiger partial charge in [-0.1, -0.05) is 6.07 Å². The van der Waals surface area contributed by atoms with Crippen LogP contribution in [0.25, 0.3) is 0 Å². The highest BCUT2D eigenvalue weighted by Gasteiger charge is 2.09. The molecule has 0 spiro atoms. The number of rotatable bonds is 4. The van der Waals surface area contributed by atoms with E-state index in [1.165, 1.54) is 36.4 Å². The van der Waals surface area contributed by atoms with Crippen LogP contribution in [-0.4, -0.2) is 11.0 Å². The summed E-state index contributed by atoms with van der Waals surface area (Å²) < 4.78 is 19.2. The second-order valence-electron chi connectivity index (χ2n) is 4.36. The number of aliphatic hydroxyl groups excluding tert-OH is 1. The van der Waals surface area contributed by atoms with Gasteiger partial charge >= 0.3 is 0 Å². The fourth-order valence-corrected chi connectivity index (χ4v) is 1.67. The van der Waals surface area contributed by atoms with Gasteiger partial charge in [-0.05, 0) is 48.9 Å². The van der Waals surface area contributed by atoms with E-state index in [0.717, 1.165) is 0 Å². The first kappa shape index (κ1) is 14.0. The van der Waals surface area contributed by atoms with Gasteiger partial charge in [0, 0.05) is 5.56 Å². The number of benzene rings is 2. The van der Waals surface area contributed by atoms with Gasteiger partial charge in [0.25, 0.3) is 0 Å². The van der Waals surface area contributed by atoms with E-state index >= 15 is 0 Å². The summed E-state index contributed by atoms with van der Waals surface area (Å²) in [5.74, 6) is -0.675. The van der Waals surface area contributed by atoms with Crippen molar-refractivity contribution in [2.24, 2.45) is 5.73 Å². The first-order valence-corrected chi connectivity index (χ1v) is 6.02. The Kier molecular flexibility index (Phi) is 4.00. The minimum atomic E-state index is -0.742. The molecule has 0 aromatic heterocycles. The Morgan fingerprint density at radius 3 is 2.40 bits per heavy atom. The van der Waals surface area contributed by atoms with Gasteiger partial charge in [0.2, 0.25) is 5.91 Å². The molecular formula is C15H14FNO3. The van der Waals surface area contributed by atoms with E-state index in [2.05, 4.69) is 0 Å². The Labute approximate surface area is 115 Å². The van der Waals surface area contributed by atoms with Crippen molar-refractivity contribution in [3.8, 4) is 11.5 Å². The predicted octanol–water partition coefficient (Wildman–Crippen LogP) is 2.77. The lowest BCUT2D eigenvalue weighted by Crippen LogP contribution is -2.10. The molecular weight excluding hydrogens is 261 g/mol. The smallest absolute Gasteiger partial charge is 0.248 e. The number of carbonyl (C=O) groups is 1. The Morgan fingerprint density at radius 1 is 1.25 bits per heavy atom. The first-order valence-electron chi connectivity index (χ1n) is 6.02. The van der Waals surface area contributed by atoms with Crippen molar-refractivity contribution in [2.75, 3.05) is 0 Å². The molecule has 0 unspecified atom stereocenters. The van der Waals surface area contributed by atoms with Gasteiger partial charge in [0.05, 0.1) is 6.10 Å². The zero-order valence-electron chi connectivity index (χ0n) is 10.8. The minimum Gasteiger partial charge on any atom is -0.454 e. The van der Waals surface area contributed by atoms with Crippen LogP contribution in [0.15, 0.2) is 42.5 Å². The van der Waals surface area contributed by atoms with Gasteiger partial charge in [-0.15, -0.1) is 0 Å². The number of primary amides is 1. The number of carbonyl (C=O) groups excluding carboxylic acids is 1. The van der Waals surface area contributed by atoms with Crippen LogP contribution < -0.4 is 10.5 Å². The SMILES string of the molecule is C[C@@H](O)c1ccc(Oc2ccc(C(N)=O)cc2)c(F)c1. The van der Waals surface area contributed by atoms with Crippen molar-refractivity contribution in [1.29, 1.82) is 0 Å². The molecule has 2 aromatic carbocycles. The van der Waals surface area contributed by atoms with Gasteiger partial charge in [-0.2, -0.15) is 0 Å². The van der Waals surface area contributed by atoms with E-state index in [-0.39, 0.29) is 5.75 Å². The van der Waals surface area contributed by atoms with Crippen molar-refractivity contribution < 1.29 is 19.0 Å². The van der Waals surface area contributed by atoms with E-state index in [1.54, 1.807) is 13.0 Å². The molecule has 0 heterocycles. The standard InChI is InChI=1S/C15H14FNO3/c1-9(18)11-4-7-14(13(16)8-11)20-12-5-2-10(3-6-12)15(17)19/h2-9,18H,1H3,(H2,17,19)/t9-/m1/s1. The third-order valence-electron chi connectivity index (χ3n) is 2.80.